The molecule has 20 heteroatoms. The van der Waals surface area contributed by atoms with Crippen molar-refractivity contribution < 1.29 is 46.9 Å². The number of hydrogen-bond acceptors (Lipinski definition) is 12. The molecule has 0 spiro atoms. The molecular weight excluding hydrogens is 1110 g/mol. The van der Waals surface area contributed by atoms with Gasteiger partial charge in [0.15, 0.2) is 23.1 Å². The summed E-state index contributed by atoms with van der Waals surface area (Å²) in [6.07, 6.45) is 19.3. The highest BCUT2D eigenvalue weighted by atomic mass is 19.1. The van der Waals surface area contributed by atoms with Crippen LogP contribution in [0.3, 0.4) is 0 Å². The summed E-state index contributed by atoms with van der Waals surface area (Å²) in [7, 11) is 2.83. The van der Waals surface area contributed by atoms with Gasteiger partial charge in [0.1, 0.15) is 11.5 Å². The van der Waals surface area contributed by atoms with E-state index in [0.717, 1.165) is 113 Å². The van der Waals surface area contributed by atoms with Gasteiger partial charge in [-0.2, -0.15) is 0 Å². The fourth-order valence-corrected chi connectivity index (χ4v) is 12.4. The van der Waals surface area contributed by atoms with Crippen LogP contribution in [0.1, 0.15) is 169 Å². The Hall–Kier alpha value is -8.16. The maximum atomic E-state index is 14.7. The van der Waals surface area contributed by atoms with E-state index in [-0.39, 0.29) is 66.2 Å². The highest BCUT2D eigenvalue weighted by Gasteiger charge is 2.36. The van der Waals surface area contributed by atoms with Crippen LogP contribution < -0.4 is 40.2 Å². The summed E-state index contributed by atoms with van der Waals surface area (Å²) in [5, 5.41) is 12.7. The van der Waals surface area contributed by atoms with Crippen molar-refractivity contribution in [2.45, 2.75) is 137 Å². The van der Waals surface area contributed by atoms with E-state index in [1.807, 2.05) is 35.8 Å². The second-order valence-electron chi connectivity index (χ2n) is 22.6. The number of pyridine rings is 2. The Morgan fingerprint density at radius 1 is 0.736 bits per heavy atom. The van der Waals surface area contributed by atoms with E-state index in [0.29, 0.717) is 109 Å². The molecule has 2 fully saturated rings. The molecule has 2 aromatic carbocycles. The number of hydrogen-bond donors (Lipinski definition) is 6. The summed E-state index contributed by atoms with van der Waals surface area (Å²) >= 11 is 0. The summed E-state index contributed by atoms with van der Waals surface area (Å²) in [4.78, 5) is 71.9. The van der Waals surface area contributed by atoms with Gasteiger partial charge in [0.05, 0.1) is 85.1 Å². The lowest BCUT2D eigenvalue weighted by Gasteiger charge is -2.33. The third-order valence-corrected chi connectivity index (χ3v) is 16.9. The van der Waals surface area contributed by atoms with Crippen molar-refractivity contribution in [3.63, 3.8) is 0 Å². The van der Waals surface area contributed by atoms with Gasteiger partial charge in [-0.15, -0.1) is 0 Å². The van der Waals surface area contributed by atoms with E-state index in [4.69, 9.17) is 18.9 Å². The molecule has 0 saturated carbocycles. The number of aromatic amines is 2. The summed E-state index contributed by atoms with van der Waals surface area (Å²) in [6.45, 7) is 13.1. The highest BCUT2D eigenvalue weighted by molar-refractivity contribution is 6.08. The van der Waals surface area contributed by atoms with Gasteiger partial charge in [-0.1, -0.05) is 72.9 Å². The van der Waals surface area contributed by atoms with Gasteiger partial charge in [-0.25, -0.2) is 8.78 Å². The Labute approximate surface area is 510 Å². The van der Waals surface area contributed by atoms with E-state index in [2.05, 4.69) is 55.1 Å². The molecule has 87 heavy (non-hydrogen) atoms. The molecule has 0 radical (unpaired) electrons. The van der Waals surface area contributed by atoms with Gasteiger partial charge in [-0.3, -0.25) is 29.1 Å². The lowest BCUT2D eigenvalue weighted by atomic mass is 9.91. The van der Waals surface area contributed by atoms with E-state index in [1.54, 1.807) is 49.1 Å². The topological polar surface area (TPSA) is 217 Å². The number of rotatable bonds is 14. The van der Waals surface area contributed by atoms with Crippen molar-refractivity contribution in [1.29, 1.82) is 0 Å². The summed E-state index contributed by atoms with van der Waals surface area (Å²) in [5.74, 6) is 0.914. The van der Waals surface area contributed by atoms with Crippen molar-refractivity contribution in [2.75, 3.05) is 77.3 Å². The molecule has 4 amide bonds. The van der Waals surface area contributed by atoms with Crippen molar-refractivity contribution in [1.82, 2.24) is 40.4 Å². The molecule has 9 heterocycles. The fraction of sp³-hybridized carbons (Fsp3) is 0.493. The minimum absolute atomic E-state index is 0. The maximum Gasteiger partial charge on any atom is 0.255 e. The smallest absolute Gasteiger partial charge is 0.255 e. The Balaban J connectivity index is 0.000000217. The number of aromatic nitrogens is 4. The van der Waals surface area contributed by atoms with Crippen LogP contribution >= 0.6 is 0 Å². The number of fused-ring (bicyclic) bond motifs is 6. The van der Waals surface area contributed by atoms with Gasteiger partial charge in [0, 0.05) is 111 Å². The van der Waals surface area contributed by atoms with Gasteiger partial charge in [-0.05, 0) is 87.8 Å². The number of amides is 4. The molecule has 2 saturated heterocycles. The average molecular weight is 1200 g/mol. The molecule has 18 nitrogen and oxygen atoms in total. The number of halogens is 2. The lowest BCUT2D eigenvalue weighted by Crippen LogP contribution is -2.41. The van der Waals surface area contributed by atoms with Gasteiger partial charge in [0.2, 0.25) is 11.8 Å². The number of unbranched alkanes of at least 4 members (excludes halogenated alkanes) is 1. The van der Waals surface area contributed by atoms with E-state index >= 15 is 0 Å². The van der Waals surface area contributed by atoms with Gasteiger partial charge < -0.3 is 60.0 Å². The Morgan fingerprint density at radius 3 is 2.06 bits per heavy atom. The molecular formula is C67H88F2N10O8. The number of para-hydroxylation sites is 2. The molecule has 6 aromatic rings. The SMILES string of the molecule is C.CC.CCCCC(=O)N1CCCC(COc2cnccc2-c2[nH]c3c(c2Nc2cccc(F)c2OC)C(=O)NCC3CC)C1.COc1c(F)cccc1Nc1c2[nH]c3c1C(=O)NCC3CCCCCCC(=O)N1CCCC(COc3cnccc3-2)C1. The first-order valence-corrected chi connectivity index (χ1v) is 30.9. The Kier molecular flexibility index (Phi) is 23.1. The van der Waals surface area contributed by atoms with E-state index in [1.165, 1.54) is 26.4 Å². The minimum Gasteiger partial charge on any atom is -0.492 e. The first kappa shape index (κ1) is 64.8. The molecule has 4 aromatic heterocycles. The number of carbonyl (C=O) groups excluding carboxylic acids is 4. The van der Waals surface area contributed by atoms with Crippen LogP contribution in [0, 0.1) is 23.5 Å². The van der Waals surface area contributed by atoms with Crippen molar-refractivity contribution in [3.05, 3.63) is 107 Å². The molecule has 5 aliphatic rings. The van der Waals surface area contributed by atoms with Crippen LogP contribution in [-0.4, -0.2) is 120 Å². The average Bonchev–Trinajstić information content (AvgIpc) is 1.94. The fourth-order valence-electron chi connectivity index (χ4n) is 12.4. The molecule has 6 N–H and O–H groups in total. The predicted octanol–water partition coefficient (Wildman–Crippen LogP) is 13.4. The van der Waals surface area contributed by atoms with Crippen molar-refractivity contribution >= 4 is 46.4 Å². The second-order valence-corrected chi connectivity index (χ2v) is 22.6. The summed E-state index contributed by atoms with van der Waals surface area (Å²) in [5.41, 5.74) is 7.36. The van der Waals surface area contributed by atoms with Crippen molar-refractivity contribution in [2.24, 2.45) is 11.8 Å². The van der Waals surface area contributed by atoms with Crippen LogP contribution in [0.25, 0.3) is 22.5 Å². The minimum atomic E-state index is -0.507. The Bertz CT molecular complexity index is 3310. The maximum absolute atomic E-state index is 14.7. The van der Waals surface area contributed by atoms with Crippen LogP contribution in [0.5, 0.6) is 23.0 Å². The second kappa shape index (κ2) is 31.0. The molecule has 4 bridgehead atoms. The number of anilines is 4. The number of nitrogens with one attached hydrogen (secondary N) is 6. The number of likely N-dealkylation sites (tertiary alicyclic amines) is 1. The van der Waals surface area contributed by atoms with Crippen LogP contribution in [0.2, 0.25) is 0 Å². The predicted molar refractivity (Wildman–Crippen MR) is 336 cm³/mol. The molecule has 0 aliphatic carbocycles. The zero-order valence-electron chi connectivity index (χ0n) is 50.6. The van der Waals surface area contributed by atoms with Gasteiger partial charge >= 0.3 is 0 Å². The number of ether oxygens (including phenoxy) is 4. The zero-order valence-corrected chi connectivity index (χ0v) is 50.6. The largest absolute Gasteiger partial charge is 0.492 e. The first-order chi connectivity index (χ1) is 42.0. The van der Waals surface area contributed by atoms with E-state index in [9.17, 15) is 28.0 Å². The molecule has 468 valence electrons. The lowest BCUT2D eigenvalue weighted by molar-refractivity contribution is -0.134. The first-order valence-electron chi connectivity index (χ1n) is 30.9. The number of H-pyrrole nitrogens is 2. The standard InChI is InChI=1S/C32H38FN5O4.C32H40FN5O4.C2H6.CH4/c1-41-31-23(33)10-6-11-24(31)36-30-27-28-21(16-35-32(27)40)9-4-2-3-5-12-26(39)38-15-7-8-20(18-38)19-42-25-17-34-14-13-22(25)29(30)37-28;1-4-6-12-26(39)38-15-8-9-20(18-38)19-42-25-17-34-14-13-22(25)29-30(36-24-11-7-10-23(33)31(24)41-3)27-28(37-29)21(5-2)16-35-32(27)40;1-2;/h6,10-11,13-14,17,20-21,36-37H,2-5,7-9,12,15-16,18-19H2,1H3,(H,35,40);7,10-11,13-14,17,20-21,36-37H,4-6,8-9,12,15-16,18-19H2,1-3H3,(H,35,40);1-2H3;1H4. The normalized spacial score (nSPS) is 19.2. The summed E-state index contributed by atoms with van der Waals surface area (Å²) < 4.78 is 52.8. The number of benzene rings is 2. The molecule has 4 unspecified atom stereocenters. The third-order valence-electron chi connectivity index (χ3n) is 16.9. The Morgan fingerprint density at radius 2 is 1.37 bits per heavy atom. The van der Waals surface area contributed by atoms with Crippen molar-refractivity contribution in [3.8, 4) is 45.5 Å². The van der Waals surface area contributed by atoms with E-state index < -0.39 is 11.6 Å². The highest BCUT2D eigenvalue weighted by Crippen LogP contribution is 2.47. The number of piperidine rings is 2. The molecule has 4 atom stereocenters. The number of nitrogens with zero attached hydrogens (tertiary/aromatic N) is 4. The monoisotopic (exact) mass is 1200 g/mol. The quantitative estimate of drug-likeness (QED) is 0.0600. The van der Waals surface area contributed by atoms with Gasteiger partial charge in [0.25, 0.3) is 11.8 Å². The molecule has 11 rings (SSSR count). The molecule has 5 aliphatic heterocycles. The number of carbonyl (C=O) groups is 4. The zero-order chi connectivity index (χ0) is 60.7. The van der Waals surface area contributed by atoms with Crippen LogP contribution in [-0.2, 0) is 9.59 Å². The number of methoxy groups -OCH3 is 2. The third kappa shape index (κ3) is 15.0. The van der Waals surface area contributed by atoms with Crippen LogP contribution in [0.4, 0.5) is 31.5 Å². The summed E-state index contributed by atoms with van der Waals surface area (Å²) in [6, 6.07) is 13.0. The van der Waals surface area contributed by atoms with Crippen LogP contribution in [0.15, 0.2) is 73.3 Å².